The Morgan fingerprint density at radius 3 is 2.57 bits per heavy atom. The maximum Gasteiger partial charge on any atom is 0.226 e. The molecule has 0 bridgehead atoms. The molecule has 1 unspecified atom stereocenters. The summed E-state index contributed by atoms with van der Waals surface area (Å²) in [6.07, 6.45) is -0.118. The summed E-state index contributed by atoms with van der Waals surface area (Å²) in [4.78, 5) is 27.1. The first kappa shape index (κ1) is 22.5. The van der Waals surface area contributed by atoms with Gasteiger partial charge in [-0.25, -0.2) is 12.8 Å². The Kier molecular flexibility index (Phi) is 6.95. The lowest BCUT2D eigenvalue weighted by molar-refractivity contribution is -0.144. The van der Waals surface area contributed by atoms with Gasteiger partial charge in [0.05, 0.1) is 46.3 Å². The number of carbonyl (C=O) groups excluding carboxylic acids is 2. The van der Waals surface area contributed by atoms with Crippen molar-refractivity contribution in [2.75, 3.05) is 32.8 Å². The summed E-state index contributed by atoms with van der Waals surface area (Å²) in [6.45, 7) is 1.25. The van der Waals surface area contributed by atoms with E-state index in [4.69, 9.17) is 21.6 Å². The zero-order valence-electron chi connectivity index (χ0n) is 16.0. The van der Waals surface area contributed by atoms with Crippen LogP contribution in [0.2, 0.25) is 5.02 Å². The molecule has 1 N–H and O–H groups in total. The number of nitriles is 1. The summed E-state index contributed by atoms with van der Waals surface area (Å²) < 4.78 is 44.9. The number of carbonyl (C=O) groups is 2. The third-order valence-corrected chi connectivity index (χ3v) is 7.96. The van der Waals surface area contributed by atoms with Gasteiger partial charge in [-0.15, -0.1) is 0 Å². The number of hydrogen-bond donors (Lipinski definition) is 1. The molecule has 8 nitrogen and oxygen atoms in total. The molecule has 2 fully saturated rings. The highest BCUT2D eigenvalue weighted by Gasteiger charge is 2.48. The van der Waals surface area contributed by atoms with Crippen LogP contribution in [-0.2, 0) is 24.2 Å². The first-order valence-electron chi connectivity index (χ1n) is 9.46. The summed E-state index contributed by atoms with van der Waals surface area (Å²) in [5, 5.41) is 9.82. The van der Waals surface area contributed by atoms with Crippen molar-refractivity contribution >= 4 is 33.3 Å². The van der Waals surface area contributed by atoms with E-state index in [0.717, 1.165) is 18.2 Å². The van der Waals surface area contributed by atoms with E-state index in [9.17, 15) is 22.4 Å². The lowest BCUT2D eigenvalue weighted by atomic mass is 9.93. The highest BCUT2D eigenvalue weighted by molar-refractivity contribution is 7.92. The first-order chi connectivity index (χ1) is 14.3. The molecule has 0 aromatic heterocycles. The highest BCUT2D eigenvalue weighted by atomic mass is 35.5. The van der Waals surface area contributed by atoms with Gasteiger partial charge in [0.15, 0.2) is 9.84 Å². The smallest absolute Gasteiger partial charge is 0.226 e. The molecule has 2 aliphatic rings. The molecule has 3 atom stereocenters. The average Bonchev–Trinajstić information content (AvgIpc) is 3.20. The maximum atomic E-state index is 13.5. The van der Waals surface area contributed by atoms with Gasteiger partial charge in [0.25, 0.3) is 0 Å². The fourth-order valence-electron chi connectivity index (χ4n) is 3.93. The third kappa shape index (κ3) is 4.58. The molecule has 3 rings (SSSR count). The van der Waals surface area contributed by atoms with Gasteiger partial charge in [-0.05, 0) is 31.0 Å². The third-order valence-electron chi connectivity index (χ3n) is 5.50. The number of morpholine rings is 1. The van der Waals surface area contributed by atoms with Gasteiger partial charge in [0, 0.05) is 13.1 Å². The largest absolute Gasteiger partial charge is 0.378 e. The summed E-state index contributed by atoms with van der Waals surface area (Å²) in [6, 6.07) is 4.93. The van der Waals surface area contributed by atoms with Crippen molar-refractivity contribution in [2.45, 2.75) is 23.0 Å². The second kappa shape index (κ2) is 9.29. The van der Waals surface area contributed by atoms with Gasteiger partial charge in [0.2, 0.25) is 11.8 Å². The quantitative estimate of drug-likeness (QED) is 0.523. The number of amides is 2. The van der Waals surface area contributed by atoms with E-state index in [1.165, 1.54) is 0 Å². The molecule has 1 aliphatic heterocycles. The van der Waals surface area contributed by atoms with Gasteiger partial charge in [0.1, 0.15) is 12.4 Å². The molecular formula is C19H21ClFN3O5S. The lowest BCUT2D eigenvalue weighted by Crippen LogP contribution is -2.46. The van der Waals surface area contributed by atoms with E-state index in [1.807, 2.05) is 0 Å². The average molecular weight is 458 g/mol. The molecule has 2 amide bonds. The molecule has 1 aromatic carbocycles. The van der Waals surface area contributed by atoms with Gasteiger partial charge in [-0.2, -0.15) is 5.26 Å². The minimum atomic E-state index is -3.95. The highest BCUT2D eigenvalue weighted by Crippen LogP contribution is 2.40. The summed E-state index contributed by atoms with van der Waals surface area (Å²) in [5.74, 6) is -3.29. The molecule has 0 spiro atoms. The van der Waals surface area contributed by atoms with E-state index in [1.54, 1.807) is 11.0 Å². The van der Waals surface area contributed by atoms with Crippen LogP contribution in [-0.4, -0.2) is 63.2 Å². The van der Waals surface area contributed by atoms with Crippen LogP contribution in [0, 0.1) is 29.0 Å². The van der Waals surface area contributed by atoms with Crippen molar-refractivity contribution in [3.63, 3.8) is 0 Å². The Morgan fingerprint density at radius 1 is 1.27 bits per heavy atom. The lowest BCUT2D eigenvalue weighted by Gasteiger charge is -2.30. The number of sulfone groups is 1. The van der Waals surface area contributed by atoms with Crippen LogP contribution in [0.15, 0.2) is 23.1 Å². The maximum absolute atomic E-state index is 13.5. The normalized spacial score (nSPS) is 24.3. The predicted molar refractivity (Wildman–Crippen MR) is 105 cm³/mol. The standard InChI is InChI=1S/C19H21ClFN3O5S/c20-16-11-12(1-2-17(16)21)30(27,28)13-9-14(18(25)23-4-3-22)15(10-13)19(26)24-5-7-29-8-6-24/h1-2,11,13-15H,4-10H2,(H,23,25)/t13-,14-,15?/m1/s1. The number of rotatable bonds is 5. The first-order valence-corrected chi connectivity index (χ1v) is 11.4. The summed E-state index contributed by atoms with van der Waals surface area (Å²) in [7, 11) is -3.95. The van der Waals surface area contributed by atoms with Crippen LogP contribution in [0.5, 0.6) is 0 Å². The van der Waals surface area contributed by atoms with Crippen molar-refractivity contribution < 1.29 is 27.1 Å². The minimum absolute atomic E-state index is 0.0435. The van der Waals surface area contributed by atoms with Crippen molar-refractivity contribution in [3.05, 3.63) is 29.0 Å². The van der Waals surface area contributed by atoms with Gasteiger partial charge in [-0.3, -0.25) is 9.59 Å². The second-order valence-corrected chi connectivity index (χ2v) is 9.88. The van der Waals surface area contributed by atoms with E-state index >= 15 is 0 Å². The molecule has 1 aliphatic carbocycles. The van der Waals surface area contributed by atoms with Crippen LogP contribution in [0.1, 0.15) is 12.8 Å². The predicted octanol–water partition coefficient (Wildman–Crippen LogP) is 1.15. The number of ether oxygens (including phenoxy) is 1. The fourth-order valence-corrected chi connectivity index (χ4v) is 6.02. The Hall–Kier alpha value is -2.22. The molecule has 1 saturated carbocycles. The van der Waals surface area contributed by atoms with E-state index in [0.29, 0.717) is 26.3 Å². The van der Waals surface area contributed by atoms with Crippen LogP contribution in [0.4, 0.5) is 4.39 Å². The summed E-state index contributed by atoms with van der Waals surface area (Å²) in [5.41, 5.74) is 0. The fraction of sp³-hybridized carbons (Fsp3) is 0.526. The van der Waals surface area contributed by atoms with Gasteiger partial charge < -0.3 is 15.0 Å². The Morgan fingerprint density at radius 2 is 1.93 bits per heavy atom. The number of halogens is 2. The molecule has 11 heteroatoms. The van der Waals surface area contributed by atoms with Crippen molar-refractivity contribution in [2.24, 2.45) is 11.8 Å². The monoisotopic (exact) mass is 457 g/mol. The zero-order chi connectivity index (χ0) is 21.9. The van der Waals surface area contributed by atoms with E-state index < -0.39 is 38.6 Å². The van der Waals surface area contributed by atoms with Crippen molar-refractivity contribution in [1.29, 1.82) is 5.26 Å². The van der Waals surface area contributed by atoms with Crippen LogP contribution >= 0.6 is 11.6 Å². The number of nitrogens with one attached hydrogen (secondary N) is 1. The van der Waals surface area contributed by atoms with Crippen molar-refractivity contribution in [1.82, 2.24) is 10.2 Å². The van der Waals surface area contributed by atoms with E-state index in [-0.39, 0.29) is 35.2 Å². The molecule has 30 heavy (non-hydrogen) atoms. The molecular weight excluding hydrogens is 437 g/mol. The van der Waals surface area contributed by atoms with Crippen LogP contribution in [0.25, 0.3) is 0 Å². The van der Waals surface area contributed by atoms with Crippen molar-refractivity contribution in [3.8, 4) is 6.07 Å². The van der Waals surface area contributed by atoms with Crippen LogP contribution < -0.4 is 5.32 Å². The number of hydrogen-bond acceptors (Lipinski definition) is 6. The molecule has 1 saturated heterocycles. The summed E-state index contributed by atoms with van der Waals surface area (Å²) >= 11 is 5.74. The van der Waals surface area contributed by atoms with Gasteiger partial charge >= 0.3 is 0 Å². The van der Waals surface area contributed by atoms with E-state index in [2.05, 4.69) is 5.32 Å². The Bertz CT molecular complexity index is 975. The second-order valence-electron chi connectivity index (χ2n) is 7.24. The SMILES string of the molecule is N#CCNC(=O)[C@@H]1C[C@@H](S(=O)(=O)c2ccc(F)c(Cl)c2)CC1C(=O)N1CCOCC1. The number of benzene rings is 1. The Balaban J connectivity index is 1.87. The zero-order valence-corrected chi connectivity index (χ0v) is 17.6. The van der Waals surface area contributed by atoms with Gasteiger partial charge in [-0.1, -0.05) is 11.6 Å². The molecule has 0 radical (unpaired) electrons. The van der Waals surface area contributed by atoms with Crippen LogP contribution in [0.3, 0.4) is 0 Å². The molecule has 1 heterocycles. The minimum Gasteiger partial charge on any atom is -0.378 e. The molecule has 1 aromatic rings. The number of nitrogens with zero attached hydrogens (tertiary/aromatic N) is 2. The molecule has 162 valence electrons. The topological polar surface area (TPSA) is 117 Å². The Labute approximate surface area is 178 Å².